The van der Waals surface area contributed by atoms with Crippen molar-refractivity contribution in [2.45, 2.75) is 38.7 Å². The second kappa shape index (κ2) is 10.7. The Balaban J connectivity index is 1.50. The Morgan fingerprint density at radius 3 is 2.75 bits per heavy atom. The van der Waals surface area contributed by atoms with Gasteiger partial charge in [-0.1, -0.05) is 17.7 Å². The summed E-state index contributed by atoms with van der Waals surface area (Å²) in [5.41, 5.74) is 0.664. The molecule has 1 aromatic carbocycles. The molecule has 2 aromatic heterocycles. The van der Waals surface area contributed by atoms with Gasteiger partial charge in [0.15, 0.2) is 5.75 Å². The van der Waals surface area contributed by atoms with Crippen LogP contribution < -0.4 is 16.2 Å². The first-order valence-corrected chi connectivity index (χ1v) is 12.9. The van der Waals surface area contributed by atoms with Gasteiger partial charge in [-0.15, -0.1) is 0 Å². The molecule has 0 saturated carbocycles. The third-order valence-corrected chi connectivity index (χ3v) is 7.03. The second-order valence-electron chi connectivity index (χ2n) is 10.1. The zero-order valence-electron chi connectivity index (χ0n) is 22.1. The number of hydrogen-bond donors (Lipinski definition) is 3. The van der Waals surface area contributed by atoms with Crippen LogP contribution in [0.3, 0.4) is 0 Å². The summed E-state index contributed by atoms with van der Waals surface area (Å²) in [6.45, 7) is 0.962. The molecular weight excluding hydrogens is 525 g/mol. The van der Waals surface area contributed by atoms with Gasteiger partial charge in [0.1, 0.15) is 22.7 Å². The van der Waals surface area contributed by atoms with Crippen LogP contribution in [0.15, 0.2) is 52.0 Å². The number of carbonyl (C=O) groups excluding carboxylic acids is 1. The van der Waals surface area contributed by atoms with Crippen LogP contribution in [0.25, 0.3) is 11.0 Å². The molecule has 0 spiro atoms. The van der Waals surface area contributed by atoms with Crippen LogP contribution >= 0.6 is 0 Å². The van der Waals surface area contributed by atoms with Crippen molar-refractivity contribution in [1.82, 2.24) is 19.8 Å². The van der Waals surface area contributed by atoms with Crippen molar-refractivity contribution in [3.05, 3.63) is 75.1 Å². The third-order valence-electron chi connectivity index (χ3n) is 7.03. The number of anilines is 1. The number of halogens is 3. The number of amidine groups is 1. The first-order valence-electron chi connectivity index (χ1n) is 12.9. The summed E-state index contributed by atoms with van der Waals surface area (Å²) < 4.78 is 43.8. The molecule has 2 aliphatic rings. The summed E-state index contributed by atoms with van der Waals surface area (Å²) in [6.07, 6.45) is 4.76. The molecule has 40 heavy (non-hydrogen) atoms. The van der Waals surface area contributed by atoms with E-state index in [4.69, 9.17) is 0 Å². The Kier molecular flexibility index (Phi) is 7.26. The average molecular weight is 555 g/mol. The van der Waals surface area contributed by atoms with Crippen LogP contribution in [0.2, 0.25) is 0 Å². The summed E-state index contributed by atoms with van der Waals surface area (Å²) >= 11 is 0. The van der Waals surface area contributed by atoms with Gasteiger partial charge in [-0.25, -0.2) is 13.2 Å². The summed E-state index contributed by atoms with van der Waals surface area (Å²) in [5.74, 6) is -4.58. The van der Waals surface area contributed by atoms with Crippen molar-refractivity contribution in [2.24, 2.45) is 4.99 Å². The van der Waals surface area contributed by atoms with Gasteiger partial charge in [-0.3, -0.25) is 24.1 Å². The lowest BCUT2D eigenvalue weighted by Gasteiger charge is -2.18. The molecule has 0 radical (unpaired) electrons. The fourth-order valence-electron chi connectivity index (χ4n) is 5.02. The van der Waals surface area contributed by atoms with E-state index in [0.29, 0.717) is 24.1 Å². The Hall–Kier alpha value is -4.35. The molecule has 0 bridgehead atoms. The SMILES string of the molecule is CC1=CN(C)C(CCNC(=O)c2c(O)c3ncc(Cc4ccc(F)cc4)c4c3n(c2=O)CC(F)(F)CN4)=NCC1. The molecule has 4 heterocycles. The monoisotopic (exact) mass is 554 g/mol. The average Bonchev–Trinajstić information content (AvgIpc) is 3.15. The number of alkyl halides is 2. The predicted molar refractivity (Wildman–Crippen MR) is 146 cm³/mol. The van der Waals surface area contributed by atoms with E-state index in [1.807, 2.05) is 25.1 Å². The number of nitrogens with zero attached hydrogens (tertiary/aromatic N) is 4. The van der Waals surface area contributed by atoms with E-state index in [1.165, 1.54) is 23.9 Å². The Morgan fingerprint density at radius 1 is 1.25 bits per heavy atom. The molecular formula is C28H29F3N6O3. The third kappa shape index (κ3) is 5.38. The van der Waals surface area contributed by atoms with Gasteiger partial charge in [0.25, 0.3) is 17.4 Å². The van der Waals surface area contributed by atoms with Gasteiger partial charge in [0.2, 0.25) is 0 Å². The molecule has 0 unspecified atom stereocenters. The number of carbonyl (C=O) groups is 1. The second-order valence-corrected chi connectivity index (χ2v) is 10.1. The first-order chi connectivity index (χ1) is 19.0. The van der Waals surface area contributed by atoms with Crippen molar-refractivity contribution < 1.29 is 23.1 Å². The zero-order chi connectivity index (χ0) is 28.6. The molecule has 210 valence electrons. The normalized spacial score (nSPS) is 16.5. The summed E-state index contributed by atoms with van der Waals surface area (Å²) in [7, 11) is 1.85. The predicted octanol–water partition coefficient (Wildman–Crippen LogP) is 3.65. The Morgan fingerprint density at radius 2 is 2.00 bits per heavy atom. The van der Waals surface area contributed by atoms with E-state index in [-0.39, 0.29) is 29.7 Å². The summed E-state index contributed by atoms with van der Waals surface area (Å²) in [4.78, 5) is 37.3. The lowest BCUT2D eigenvalue weighted by atomic mass is 10.0. The number of aliphatic imine (C=N–C) groups is 1. The van der Waals surface area contributed by atoms with E-state index in [0.717, 1.165) is 16.8 Å². The van der Waals surface area contributed by atoms with Gasteiger partial charge in [-0.05, 0) is 31.0 Å². The highest BCUT2D eigenvalue weighted by Gasteiger charge is 2.37. The number of nitrogens with one attached hydrogen (secondary N) is 2. The van der Waals surface area contributed by atoms with Crippen LogP contribution in [-0.4, -0.2) is 63.9 Å². The van der Waals surface area contributed by atoms with E-state index in [9.17, 15) is 27.9 Å². The number of benzene rings is 1. The number of aromatic nitrogens is 2. The minimum atomic E-state index is -3.33. The van der Waals surface area contributed by atoms with E-state index >= 15 is 0 Å². The van der Waals surface area contributed by atoms with Crippen molar-refractivity contribution in [1.29, 1.82) is 0 Å². The summed E-state index contributed by atoms with van der Waals surface area (Å²) in [6, 6.07) is 5.69. The number of aromatic hydroxyl groups is 1. The van der Waals surface area contributed by atoms with Crippen LogP contribution in [0, 0.1) is 5.82 Å². The van der Waals surface area contributed by atoms with Crippen LogP contribution in [0.1, 0.15) is 41.3 Å². The molecule has 2 aliphatic heterocycles. The van der Waals surface area contributed by atoms with Gasteiger partial charge in [-0.2, -0.15) is 0 Å². The van der Waals surface area contributed by atoms with Crippen molar-refractivity contribution in [3.8, 4) is 5.75 Å². The van der Waals surface area contributed by atoms with Crippen molar-refractivity contribution in [3.63, 3.8) is 0 Å². The first kappa shape index (κ1) is 27.2. The van der Waals surface area contributed by atoms with E-state index in [1.54, 1.807) is 12.1 Å². The zero-order valence-corrected chi connectivity index (χ0v) is 22.1. The molecule has 9 nitrogen and oxygen atoms in total. The number of pyridine rings is 2. The number of hydrogen-bond acceptors (Lipinski definition) is 7. The van der Waals surface area contributed by atoms with Crippen LogP contribution in [0.4, 0.5) is 18.9 Å². The smallest absolute Gasteiger partial charge is 0.282 e. The van der Waals surface area contributed by atoms with Gasteiger partial charge < -0.3 is 20.6 Å². The molecule has 0 saturated heterocycles. The maximum atomic E-state index is 14.8. The summed E-state index contributed by atoms with van der Waals surface area (Å²) in [5, 5.41) is 16.3. The van der Waals surface area contributed by atoms with Gasteiger partial charge in [0, 0.05) is 50.9 Å². The minimum absolute atomic E-state index is 0.0209. The Bertz CT molecular complexity index is 1600. The highest BCUT2D eigenvalue weighted by Crippen LogP contribution is 2.36. The molecule has 0 atom stereocenters. The van der Waals surface area contributed by atoms with Crippen molar-refractivity contribution in [2.75, 3.05) is 32.0 Å². The largest absolute Gasteiger partial charge is 0.505 e. The topological polar surface area (TPSA) is 112 Å². The maximum absolute atomic E-state index is 14.8. The number of amides is 1. The van der Waals surface area contributed by atoms with E-state index < -0.39 is 47.6 Å². The molecule has 3 aromatic rings. The van der Waals surface area contributed by atoms with Crippen LogP contribution in [0.5, 0.6) is 5.75 Å². The molecule has 0 fully saturated rings. The molecule has 12 heteroatoms. The van der Waals surface area contributed by atoms with Crippen molar-refractivity contribution >= 4 is 28.5 Å². The maximum Gasteiger partial charge on any atom is 0.282 e. The molecule has 0 aliphatic carbocycles. The molecule has 1 amide bonds. The standard InChI is InChI=1S/C28H29F3N6O3/c1-16-7-9-32-20(36(2)13-16)8-10-33-26(39)21-25(38)23-24-22(35-14-28(30,31)15-37(24)27(21)40)18(12-34-23)11-17-3-5-19(29)6-4-17/h3-6,12-13,35,38H,7-11,14-15H2,1-2H3,(H,33,39). The highest BCUT2D eigenvalue weighted by molar-refractivity contribution is 6.04. The molecule has 3 N–H and O–H groups in total. The fraction of sp³-hybridized carbons (Fsp3) is 0.357. The van der Waals surface area contributed by atoms with Gasteiger partial charge in [0.05, 0.1) is 24.3 Å². The highest BCUT2D eigenvalue weighted by atomic mass is 19.3. The minimum Gasteiger partial charge on any atom is -0.505 e. The lowest BCUT2D eigenvalue weighted by Crippen LogP contribution is -2.38. The fourth-order valence-corrected chi connectivity index (χ4v) is 5.02. The van der Waals surface area contributed by atoms with E-state index in [2.05, 4.69) is 20.6 Å². The Labute approximate surface area is 228 Å². The number of rotatable bonds is 6. The lowest BCUT2D eigenvalue weighted by molar-refractivity contribution is -0.000937. The quantitative estimate of drug-likeness (QED) is 0.429. The van der Waals surface area contributed by atoms with Gasteiger partial charge >= 0.3 is 0 Å². The molecule has 5 rings (SSSR count). The van der Waals surface area contributed by atoms with Crippen LogP contribution in [-0.2, 0) is 13.0 Å².